The zero-order valence-electron chi connectivity index (χ0n) is 9.98. The van der Waals surface area contributed by atoms with E-state index in [-0.39, 0.29) is 0 Å². The summed E-state index contributed by atoms with van der Waals surface area (Å²) in [5.41, 5.74) is 1.00. The van der Waals surface area contributed by atoms with Gasteiger partial charge in [0.1, 0.15) is 5.82 Å². The molecule has 5 heteroatoms. The summed E-state index contributed by atoms with van der Waals surface area (Å²) in [6.45, 7) is 3.60. The van der Waals surface area contributed by atoms with E-state index in [0.717, 1.165) is 22.5 Å². The Morgan fingerprint density at radius 2 is 2.17 bits per heavy atom. The van der Waals surface area contributed by atoms with E-state index in [1.165, 1.54) is 0 Å². The van der Waals surface area contributed by atoms with Crippen molar-refractivity contribution in [1.29, 1.82) is 0 Å². The Hall–Kier alpha value is -1.13. The second-order valence-corrected chi connectivity index (χ2v) is 5.12. The van der Waals surface area contributed by atoms with Crippen molar-refractivity contribution in [3.8, 4) is 0 Å². The van der Waals surface area contributed by atoms with E-state index in [1.807, 2.05) is 24.3 Å². The summed E-state index contributed by atoms with van der Waals surface area (Å²) < 4.78 is 0.880. The maximum absolute atomic E-state index is 6.21. The Morgan fingerprint density at radius 3 is 2.78 bits per heavy atom. The summed E-state index contributed by atoms with van der Waals surface area (Å²) in [6.07, 6.45) is 3.54. The van der Waals surface area contributed by atoms with Crippen LogP contribution in [0.5, 0.6) is 0 Å². The fraction of sp³-hybridized carbons (Fsp3) is 0.231. The van der Waals surface area contributed by atoms with Gasteiger partial charge in [0, 0.05) is 23.4 Å². The highest BCUT2D eigenvalue weighted by molar-refractivity contribution is 9.10. The van der Waals surface area contributed by atoms with Crippen LogP contribution in [-0.2, 0) is 6.54 Å². The first-order valence-corrected chi connectivity index (χ1v) is 6.83. The molecule has 0 fully saturated rings. The molecule has 0 saturated heterocycles. The minimum absolute atomic E-state index is 0.641. The minimum atomic E-state index is 0.641. The van der Waals surface area contributed by atoms with Crippen LogP contribution in [0, 0.1) is 0 Å². The number of aromatic nitrogens is 2. The molecule has 0 aliphatic carbocycles. The molecule has 0 atom stereocenters. The van der Waals surface area contributed by atoms with E-state index in [2.05, 4.69) is 37.7 Å². The minimum Gasteiger partial charge on any atom is -0.350 e. The van der Waals surface area contributed by atoms with E-state index < -0.39 is 0 Å². The number of rotatable bonds is 4. The van der Waals surface area contributed by atoms with Crippen LogP contribution in [0.4, 0.5) is 5.82 Å². The lowest BCUT2D eigenvalue weighted by atomic mass is 10.3. The quantitative estimate of drug-likeness (QED) is 0.853. The topological polar surface area (TPSA) is 29.0 Å². The van der Waals surface area contributed by atoms with Gasteiger partial charge in [0.2, 0.25) is 0 Å². The molecule has 2 aromatic heterocycles. The zero-order chi connectivity index (χ0) is 13.0. The molecule has 0 aliphatic heterocycles. The molecule has 0 unspecified atom stereocenters. The second kappa shape index (κ2) is 6.16. The largest absolute Gasteiger partial charge is 0.350 e. The summed E-state index contributed by atoms with van der Waals surface area (Å²) >= 11 is 9.57. The molecule has 0 radical (unpaired) electrons. The molecule has 0 aliphatic rings. The van der Waals surface area contributed by atoms with Crippen molar-refractivity contribution in [1.82, 2.24) is 9.97 Å². The van der Waals surface area contributed by atoms with Crippen LogP contribution >= 0.6 is 27.5 Å². The molecular weight excluding hydrogens is 314 g/mol. The molecular formula is C13H13BrClN3. The summed E-state index contributed by atoms with van der Waals surface area (Å²) in [4.78, 5) is 10.8. The molecule has 0 spiro atoms. The average Bonchev–Trinajstić information content (AvgIpc) is 2.38. The number of pyridine rings is 2. The molecule has 2 heterocycles. The van der Waals surface area contributed by atoms with E-state index in [4.69, 9.17) is 11.6 Å². The number of anilines is 1. The van der Waals surface area contributed by atoms with Gasteiger partial charge in [0.25, 0.3) is 0 Å². The number of halogens is 2. The molecule has 94 valence electrons. The molecule has 0 N–H and O–H groups in total. The van der Waals surface area contributed by atoms with Crippen LogP contribution in [0.2, 0.25) is 5.02 Å². The number of nitrogens with zero attached hydrogens (tertiary/aromatic N) is 3. The van der Waals surface area contributed by atoms with Crippen LogP contribution in [0.15, 0.2) is 41.1 Å². The van der Waals surface area contributed by atoms with Crippen molar-refractivity contribution in [3.05, 3.63) is 51.8 Å². The van der Waals surface area contributed by atoms with E-state index in [1.54, 1.807) is 12.4 Å². The first-order valence-electron chi connectivity index (χ1n) is 5.66. The normalized spacial score (nSPS) is 10.4. The molecule has 18 heavy (non-hydrogen) atoms. The van der Waals surface area contributed by atoms with Crippen LogP contribution in [-0.4, -0.2) is 16.5 Å². The Morgan fingerprint density at radius 1 is 1.33 bits per heavy atom. The van der Waals surface area contributed by atoms with Crippen LogP contribution < -0.4 is 4.90 Å². The van der Waals surface area contributed by atoms with Crippen molar-refractivity contribution in [3.63, 3.8) is 0 Å². The fourth-order valence-corrected chi connectivity index (χ4v) is 2.41. The van der Waals surface area contributed by atoms with E-state index >= 15 is 0 Å². The average molecular weight is 327 g/mol. The fourth-order valence-electron chi connectivity index (χ4n) is 1.66. The molecule has 0 saturated carbocycles. The van der Waals surface area contributed by atoms with Crippen molar-refractivity contribution >= 4 is 33.3 Å². The molecule has 2 rings (SSSR count). The van der Waals surface area contributed by atoms with Gasteiger partial charge in [-0.25, -0.2) is 4.98 Å². The molecule has 0 aromatic carbocycles. The van der Waals surface area contributed by atoms with Crippen molar-refractivity contribution in [2.24, 2.45) is 0 Å². The van der Waals surface area contributed by atoms with E-state index in [0.29, 0.717) is 11.6 Å². The lowest BCUT2D eigenvalue weighted by molar-refractivity contribution is 0.794. The van der Waals surface area contributed by atoms with Crippen LogP contribution in [0.25, 0.3) is 0 Å². The maximum atomic E-state index is 6.21. The predicted octanol–water partition coefficient (Wildman–Crippen LogP) is 3.92. The number of hydrogen-bond acceptors (Lipinski definition) is 3. The van der Waals surface area contributed by atoms with Crippen LogP contribution in [0.3, 0.4) is 0 Å². The third kappa shape index (κ3) is 3.21. The van der Waals surface area contributed by atoms with Gasteiger partial charge in [-0.05, 0) is 41.1 Å². The Balaban J connectivity index is 2.23. The first-order chi connectivity index (χ1) is 8.70. The first kappa shape index (κ1) is 13.3. The van der Waals surface area contributed by atoms with Gasteiger partial charge in [-0.2, -0.15) is 0 Å². The highest BCUT2D eigenvalue weighted by Crippen LogP contribution is 2.26. The summed E-state index contributed by atoms with van der Waals surface area (Å²) in [7, 11) is 0. The molecule has 2 aromatic rings. The highest BCUT2D eigenvalue weighted by Gasteiger charge is 2.11. The standard InChI is InChI=1S/C13H13BrClN3/c1-2-18(9-11-5-3-4-6-16-11)13-12(15)7-10(14)8-17-13/h3-8H,2,9H2,1H3. The lowest BCUT2D eigenvalue weighted by Gasteiger charge is -2.22. The van der Waals surface area contributed by atoms with Gasteiger partial charge in [-0.1, -0.05) is 17.7 Å². The van der Waals surface area contributed by atoms with Gasteiger partial charge in [-0.15, -0.1) is 0 Å². The molecule has 0 bridgehead atoms. The van der Waals surface area contributed by atoms with Crippen molar-refractivity contribution in [2.45, 2.75) is 13.5 Å². The van der Waals surface area contributed by atoms with Gasteiger partial charge in [0.05, 0.1) is 17.3 Å². The summed E-state index contributed by atoms with van der Waals surface area (Å²) in [5, 5.41) is 0.641. The van der Waals surface area contributed by atoms with Gasteiger partial charge in [-0.3, -0.25) is 4.98 Å². The smallest absolute Gasteiger partial charge is 0.147 e. The Bertz CT molecular complexity index is 519. The lowest BCUT2D eigenvalue weighted by Crippen LogP contribution is -2.23. The van der Waals surface area contributed by atoms with Crippen LogP contribution in [0.1, 0.15) is 12.6 Å². The summed E-state index contributed by atoms with van der Waals surface area (Å²) in [6, 6.07) is 7.73. The predicted molar refractivity (Wildman–Crippen MR) is 77.9 cm³/mol. The van der Waals surface area contributed by atoms with Gasteiger partial charge < -0.3 is 4.90 Å². The van der Waals surface area contributed by atoms with Gasteiger partial charge in [0.15, 0.2) is 0 Å². The molecule has 0 amide bonds. The SMILES string of the molecule is CCN(Cc1ccccn1)c1ncc(Br)cc1Cl. The monoisotopic (exact) mass is 325 g/mol. The molecule has 3 nitrogen and oxygen atoms in total. The highest BCUT2D eigenvalue weighted by atomic mass is 79.9. The third-order valence-corrected chi connectivity index (χ3v) is 3.26. The zero-order valence-corrected chi connectivity index (χ0v) is 12.3. The Kier molecular flexibility index (Phi) is 4.55. The maximum Gasteiger partial charge on any atom is 0.147 e. The second-order valence-electron chi connectivity index (χ2n) is 3.79. The van der Waals surface area contributed by atoms with Crippen molar-refractivity contribution in [2.75, 3.05) is 11.4 Å². The number of hydrogen-bond donors (Lipinski definition) is 0. The van der Waals surface area contributed by atoms with E-state index in [9.17, 15) is 0 Å². The van der Waals surface area contributed by atoms with Gasteiger partial charge >= 0.3 is 0 Å². The van der Waals surface area contributed by atoms with Crippen molar-refractivity contribution < 1.29 is 0 Å². The third-order valence-electron chi connectivity index (χ3n) is 2.55. The summed E-state index contributed by atoms with van der Waals surface area (Å²) in [5.74, 6) is 0.785. The Labute approximate surface area is 120 Å².